The van der Waals surface area contributed by atoms with Crippen molar-refractivity contribution >= 4 is 6.03 Å². The maximum Gasteiger partial charge on any atom is 0.317 e. The summed E-state index contributed by atoms with van der Waals surface area (Å²) in [5, 5.41) is 7.51. The molecule has 0 radical (unpaired) electrons. The van der Waals surface area contributed by atoms with Crippen molar-refractivity contribution < 1.29 is 9.53 Å². The number of carbonyl (C=O) groups is 1. The van der Waals surface area contributed by atoms with Gasteiger partial charge in [0.15, 0.2) is 0 Å². The lowest BCUT2D eigenvalue weighted by Gasteiger charge is -2.61. The molecule has 3 fully saturated rings. The van der Waals surface area contributed by atoms with Crippen LogP contribution in [-0.4, -0.2) is 57.5 Å². The van der Waals surface area contributed by atoms with Gasteiger partial charge in [0.1, 0.15) is 12.7 Å². The fourth-order valence-electron chi connectivity index (χ4n) is 4.62. The first kappa shape index (κ1) is 15.9. The summed E-state index contributed by atoms with van der Waals surface area (Å²) in [6.45, 7) is 4.39. The fourth-order valence-corrected chi connectivity index (χ4v) is 4.62. The van der Waals surface area contributed by atoms with Gasteiger partial charge in [-0.1, -0.05) is 6.42 Å². The first-order chi connectivity index (χ1) is 11.7. The van der Waals surface area contributed by atoms with E-state index in [0.717, 1.165) is 39.0 Å². The minimum atomic E-state index is 0.0956. The number of piperidine rings is 1. The van der Waals surface area contributed by atoms with E-state index in [2.05, 4.69) is 22.3 Å². The van der Waals surface area contributed by atoms with Gasteiger partial charge in [0.2, 0.25) is 0 Å². The zero-order valence-electron chi connectivity index (χ0n) is 14.4. The van der Waals surface area contributed by atoms with Crippen molar-refractivity contribution in [3.05, 3.63) is 12.7 Å². The summed E-state index contributed by atoms with van der Waals surface area (Å²) in [6.07, 6.45) is 10.2. The minimum Gasteiger partial charge on any atom is -0.378 e. The topological polar surface area (TPSA) is 72.3 Å². The molecule has 2 aliphatic carbocycles. The van der Waals surface area contributed by atoms with E-state index >= 15 is 0 Å². The second-order valence-electron chi connectivity index (χ2n) is 7.36. The van der Waals surface area contributed by atoms with Crippen molar-refractivity contribution in [2.24, 2.45) is 5.41 Å². The summed E-state index contributed by atoms with van der Waals surface area (Å²) in [7, 11) is 0. The van der Waals surface area contributed by atoms with Gasteiger partial charge in [0.25, 0.3) is 0 Å². The summed E-state index contributed by atoms with van der Waals surface area (Å²) in [6, 6.07) is 0.752. The molecule has 1 aromatic heterocycles. The van der Waals surface area contributed by atoms with Gasteiger partial charge >= 0.3 is 6.03 Å². The van der Waals surface area contributed by atoms with Crippen molar-refractivity contribution in [3.63, 3.8) is 0 Å². The van der Waals surface area contributed by atoms with Gasteiger partial charge < -0.3 is 15.0 Å². The van der Waals surface area contributed by atoms with Crippen LogP contribution >= 0.6 is 0 Å². The number of rotatable bonds is 4. The van der Waals surface area contributed by atoms with E-state index in [1.54, 1.807) is 12.7 Å². The summed E-state index contributed by atoms with van der Waals surface area (Å²) < 4.78 is 7.78. The molecule has 3 aliphatic rings. The number of nitrogens with one attached hydrogen (secondary N) is 1. The average Bonchev–Trinajstić information content (AvgIpc) is 3.06. The summed E-state index contributed by atoms with van der Waals surface area (Å²) in [5.41, 5.74) is 0.227. The first-order valence-corrected chi connectivity index (χ1v) is 9.24. The summed E-state index contributed by atoms with van der Waals surface area (Å²) in [4.78, 5) is 18.6. The van der Waals surface area contributed by atoms with Crippen LogP contribution in [0.15, 0.2) is 12.7 Å². The lowest BCUT2D eigenvalue weighted by molar-refractivity contribution is -0.170. The molecule has 24 heavy (non-hydrogen) atoms. The number of nitrogens with zero attached hydrogens (tertiary/aromatic N) is 4. The third kappa shape index (κ3) is 2.59. The molecule has 1 saturated heterocycles. The molecule has 2 atom stereocenters. The number of ether oxygens (including phenoxy) is 1. The lowest BCUT2D eigenvalue weighted by atomic mass is 9.51. The molecule has 1 aromatic rings. The first-order valence-electron chi connectivity index (χ1n) is 9.24. The SMILES string of the molecule is CCO[C@@H]1C[C@H](NC(=O)N2CCC(n3cncn3)CC2)C12CCC2. The van der Waals surface area contributed by atoms with Crippen LogP contribution in [0, 0.1) is 5.41 Å². The zero-order valence-corrected chi connectivity index (χ0v) is 14.4. The molecule has 0 unspecified atom stereocenters. The lowest BCUT2D eigenvalue weighted by Crippen LogP contribution is -2.68. The zero-order chi connectivity index (χ0) is 16.6. The highest BCUT2D eigenvalue weighted by Gasteiger charge is 2.59. The Hall–Kier alpha value is -1.63. The maximum atomic E-state index is 12.6. The normalized spacial score (nSPS) is 29.1. The van der Waals surface area contributed by atoms with Gasteiger partial charge in [-0.05, 0) is 39.0 Å². The van der Waals surface area contributed by atoms with Gasteiger partial charge in [-0.2, -0.15) is 5.10 Å². The second kappa shape index (κ2) is 6.35. The quantitative estimate of drug-likeness (QED) is 0.914. The average molecular weight is 333 g/mol. The molecule has 1 N–H and O–H groups in total. The van der Waals surface area contributed by atoms with E-state index in [4.69, 9.17) is 4.74 Å². The number of carbonyl (C=O) groups excluding carboxylic acids is 1. The molecule has 0 bridgehead atoms. The van der Waals surface area contributed by atoms with E-state index in [0.29, 0.717) is 18.2 Å². The largest absolute Gasteiger partial charge is 0.378 e. The van der Waals surface area contributed by atoms with Gasteiger partial charge in [-0.15, -0.1) is 0 Å². The van der Waals surface area contributed by atoms with E-state index in [1.807, 2.05) is 9.58 Å². The number of urea groups is 1. The molecule has 1 aliphatic heterocycles. The van der Waals surface area contributed by atoms with Crippen LogP contribution in [0.1, 0.15) is 51.5 Å². The van der Waals surface area contributed by atoms with Crippen LogP contribution in [0.3, 0.4) is 0 Å². The Morgan fingerprint density at radius 3 is 2.75 bits per heavy atom. The predicted molar refractivity (Wildman–Crippen MR) is 88.5 cm³/mol. The molecule has 132 valence electrons. The third-order valence-corrected chi connectivity index (χ3v) is 6.30. The number of amides is 2. The Labute approximate surface area is 142 Å². The van der Waals surface area contributed by atoms with Crippen LogP contribution in [0.2, 0.25) is 0 Å². The minimum absolute atomic E-state index is 0.0956. The van der Waals surface area contributed by atoms with Gasteiger partial charge in [0, 0.05) is 31.2 Å². The van der Waals surface area contributed by atoms with E-state index in [9.17, 15) is 4.79 Å². The Kier molecular flexibility index (Phi) is 4.20. The van der Waals surface area contributed by atoms with Crippen LogP contribution in [0.25, 0.3) is 0 Å². The van der Waals surface area contributed by atoms with Crippen LogP contribution in [0.5, 0.6) is 0 Å². The molecule has 1 spiro atoms. The molecule has 2 heterocycles. The van der Waals surface area contributed by atoms with Crippen molar-refractivity contribution in [2.75, 3.05) is 19.7 Å². The van der Waals surface area contributed by atoms with Crippen LogP contribution in [-0.2, 0) is 4.74 Å². The molecule has 2 amide bonds. The van der Waals surface area contributed by atoms with E-state index in [1.165, 1.54) is 19.3 Å². The van der Waals surface area contributed by atoms with Crippen molar-refractivity contribution in [1.82, 2.24) is 25.0 Å². The third-order valence-electron chi connectivity index (χ3n) is 6.30. The Balaban J connectivity index is 1.28. The summed E-state index contributed by atoms with van der Waals surface area (Å²) in [5.74, 6) is 0. The predicted octanol–water partition coefficient (Wildman–Crippen LogP) is 1.97. The highest BCUT2D eigenvalue weighted by Crippen LogP contribution is 2.57. The van der Waals surface area contributed by atoms with Gasteiger partial charge in [-0.25, -0.2) is 14.5 Å². The van der Waals surface area contributed by atoms with Crippen molar-refractivity contribution in [2.45, 2.75) is 63.6 Å². The second-order valence-corrected chi connectivity index (χ2v) is 7.36. The van der Waals surface area contributed by atoms with Gasteiger partial charge in [0.05, 0.1) is 12.1 Å². The molecule has 2 saturated carbocycles. The standard InChI is InChI=1S/C17H27N5O2/c1-2-24-15-10-14(17(15)6-3-7-17)20-16(23)21-8-4-13(5-9-21)22-12-18-11-19-22/h11-15H,2-10H2,1H3,(H,20,23)/t14-,15+/m0/s1. The highest BCUT2D eigenvalue weighted by molar-refractivity contribution is 5.75. The monoisotopic (exact) mass is 333 g/mol. The van der Waals surface area contributed by atoms with E-state index < -0.39 is 0 Å². The number of hydrogen-bond acceptors (Lipinski definition) is 4. The summed E-state index contributed by atoms with van der Waals surface area (Å²) >= 11 is 0. The smallest absolute Gasteiger partial charge is 0.317 e. The Morgan fingerprint density at radius 1 is 1.38 bits per heavy atom. The number of hydrogen-bond donors (Lipinski definition) is 1. The Bertz CT molecular complexity index is 564. The van der Waals surface area contributed by atoms with Crippen molar-refractivity contribution in [1.29, 1.82) is 0 Å². The molecule has 7 nitrogen and oxygen atoms in total. The molecular weight excluding hydrogens is 306 g/mol. The fraction of sp³-hybridized carbons (Fsp3) is 0.824. The molecule has 4 rings (SSSR count). The number of aromatic nitrogens is 3. The molecular formula is C17H27N5O2. The van der Waals surface area contributed by atoms with Crippen LogP contribution < -0.4 is 5.32 Å². The van der Waals surface area contributed by atoms with Crippen molar-refractivity contribution in [3.8, 4) is 0 Å². The maximum absolute atomic E-state index is 12.6. The van der Waals surface area contributed by atoms with E-state index in [-0.39, 0.29) is 11.4 Å². The number of likely N-dealkylation sites (tertiary alicyclic amines) is 1. The van der Waals surface area contributed by atoms with Crippen LogP contribution in [0.4, 0.5) is 4.79 Å². The Morgan fingerprint density at radius 2 is 2.17 bits per heavy atom. The molecule has 7 heteroatoms. The van der Waals surface area contributed by atoms with Gasteiger partial charge in [-0.3, -0.25) is 0 Å². The highest BCUT2D eigenvalue weighted by atomic mass is 16.5. The molecule has 0 aromatic carbocycles.